The first-order valence-corrected chi connectivity index (χ1v) is 31.2. The van der Waals surface area contributed by atoms with Crippen molar-refractivity contribution in [3.63, 3.8) is 0 Å². The SMILES string of the molecule is CC(F)(F)F.FC(F)(F)c1cccc(OCCCc2cn(C(c3ccccc3)(c3ccccc3)c3ccccc3)cn2)c1.FC(F)(F)c1cccc(OCCCc2cnc[nH]2)c1.OCCCc1cn(C(c2ccccc2)(c2ccccc2)c2ccccc2)cn1.Oc1ccccc1. The molecule has 97 heavy (non-hydrogen) atoms. The summed E-state index contributed by atoms with van der Waals surface area (Å²) in [6.45, 7) is 1.01. The molecule has 0 atom stereocenters. The predicted octanol–water partition coefficient (Wildman–Crippen LogP) is 18.8. The highest BCUT2D eigenvalue weighted by atomic mass is 19.4. The van der Waals surface area contributed by atoms with Gasteiger partial charge in [0, 0.05) is 37.8 Å². The Labute approximate surface area is 558 Å². The molecule has 0 aliphatic carbocycles. The van der Waals surface area contributed by atoms with Crippen molar-refractivity contribution in [2.24, 2.45) is 0 Å². The number of hydrogen-bond donors (Lipinski definition) is 3. The zero-order valence-corrected chi connectivity index (χ0v) is 53.0. The molecule has 0 aliphatic rings. The van der Waals surface area contributed by atoms with Crippen molar-refractivity contribution < 1.29 is 59.2 Å². The molecule has 0 fully saturated rings. The number of aromatic amines is 1. The second-order valence-corrected chi connectivity index (χ2v) is 22.1. The van der Waals surface area contributed by atoms with E-state index in [4.69, 9.17) is 19.6 Å². The number of halogens is 9. The lowest BCUT2D eigenvalue weighted by Crippen LogP contribution is -2.36. The number of nitrogens with one attached hydrogen (secondary N) is 1. The van der Waals surface area contributed by atoms with E-state index in [0.717, 1.165) is 70.9 Å². The minimum Gasteiger partial charge on any atom is -0.508 e. The van der Waals surface area contributed by atoms with Crippen LogP contribution in [-0.2, 0) is 42.7 Å². The van der Waals surface area contributed by atoms with Crippen LogP contribution >= 0.6 is 0 Å². The standard InChI is InChI=1S/C32H27F3N2O.C25H24N2O.C13H13F3N2O.C6H6O.C2H3F3/c33-32(34,35)28-18-10-20-30(22-28)38-21-11-19-29-23-37(24-36-29)31(25-12-4-1-5-13-25,26-14-6-2-7-15-26)27-16-8-3-9-17-27;28-18-10-17-24-19-27(20-26-24)25(21-11-4-1-5-12-21,22-13-6-2-7-14-22)23-15-8-3-9-16-23;14-13(15,16)10-3-1-5-12(7-10)19-6-2-4-11-8-17-9-18-11;7-6-4-2-1-3-5-6;1-2(3,4)5/h1-10,12-18,20,22-24H,11,19,21H2;1-9,11-16,19-20,28H,10,17-18H2;1,3,5,7-9H,2,4,6H2,(H,17,18);1-5,7H;1H3. The van der Waals surface area contributed by atoms with Gasteiger partial charge in [0.2, 0.25) is 0 Å². The number of alkyl halides is 9. The van der Waals surface area contributed by atoms with Crippen molar-refractivity contribution in [1.82, 2.24) is 29.1 Å². The Kier molecular flexibility index (Phi) is 26.2. The lowest BCUT2D eigenvalue weighted by molar-refractivity contribution is -0.138. The van der Waals surface area contributed by atoms with Crippen LogP contribution in [0.2, 0.25) is 0 Å². The molecule has 9 aromatic carbocycles. The van der Waals surface area contributed by atoms with Crippen LogP contribution in [0.15, 0.2) is 298 Å². The monoisotopic (exact) mass is 1330 g/mol. The number of aliphatic hydroxyl groups is 1. The zero-order chi connectivity index (χ0) is 69.0. The van der Waals surface area contributed by atoms with Gasteiger partial charge in [0.25, 0.3) is 0 Å². The number of aryl methyl sites for hydroxylation is 3. The number of nitrogens with zero attached hydrogens (tertiary/aromatic N) is 5. The molecule has 3 heterocycles. The van der Waals surface area contributed by atoms with Gasteiger partial charge in [-0.05, 0) is 120 Å². The molecule has 0 amide bonds. The van der Waals surface area contributed by atoms with E-state index < -0.39 is 40.7 Å². The van der Waals surface area contributed by atoms with Crippen LogP contribution < -0.4 is 9.47 Å². The van der Waals surface area contributed by atoms with E-state index in [1.807, 2.05) is 91.5 Å². The summed E-state index contributed by atoms with van der Waals surface area (Å²) in [7, 11) is 0. The van der Waals surface area contributed by atoms with E-state index in [1.54, 1.807) is 36.8 Å². The maximum atomic E-state index is 13.0. The molecule has 0 aliphatic heterocycles. The number of aromatic hydroxyl groups is 1. The topological polar surface area (TPSA) is 123 Å². The maximum Gasteiger partial charge on any atom is 0.416 e. The normalized spacial score (nSPS) is 11.5. The largest absolute Gasteiger partial charge is 0.508 e. The molecule has 3 aromatic heterocycles. The van der Waals surface area contributed by atoms with Crippen LogP contribution in [0.4, 0.5) is 39.5 Å². The fourth-order valence-electron chi connectivity index (χ4n) is 10.9. The van der Waals surface area contributed by atoms with Crippen LogP contribution in [0.5, 0.6) is 17.2 Å². The van der Waals surface area contributed by atoms with Gasteiger partial charge in [-0.1, -0.05) is 212 Å². The third-order valence-electron chi connectivity index (χ3n) is 15.1. The van der Waals surface area contributed by atoms with Gasteiger partial charge in [0.15, 0.2) is 0 Å². The van der Waals surface area contributed by atoms with Crippen LogP contribution in [-0.4, -0.2) is 65.3 Å². The van der Waals surface area contributed by atoms with Crippen LogP contribution in [0.25, 0.3) is 0 Å². The fourth-order valence-corrected chi connectivity index (χ4v) is 10.9. The van der Waals surface area contributed by atoms with Gasteiger partial charge in [0.05, 0.1) is 54.7 Å². The molecule has 12 aromatic rings. The van der Waals surface area contributed by atoms with Gasteiger partial charge in [-0.15, -0.1) is 0 Å². The Morgan fingerprint density at radius 3 is 1.00 bits per heavy atom. The first-order valence-electron chi connectivity index (χ1n) is 31.2. The van der Waals surface area contributed by atoms with Crippen molar-refractivity contribution in [1.29, 1.82) is 0 Å². The van der Waals surface area contributed by atoms with E-state index >= 15 is 0 Å². The number of benzene rings is 9. The first-order chi connectivity index (χ1) is 46.8. The average Bonchev–Trinajstić information content (AvgIpc) is 1.73. The summed E-state index contributed by atoms with van der Waals surface area (Å²) < 4.78 is 123. The van der Waals surface area contributed by atoms with Gasteiger partial charge in [-0.25, -0.2) is 15.0 Å². The molecule has 10 nitrogen and oxygen atoms in total. The molecule has 502 valence electrons. The number of para-hydroxylation sites is 1. The van der Waals surface area contributed by atoms with E-state index in [1.165, 1.54) is 41.0 Å². The predicted molar refractivity (Wildman–Crippen MR) is 358 cm³/mol. The van der Waals surface area contributed by atoms with E-state index in [2.05, 4.69) is 146 Å². The number of hydrogen-bond acceptors (Lipinski definition) is 7. The lowest BCUT2D eigenvalue weighted by Gasteiger charge is -2.37. The third-order valence-corrected chi connectivity index (χ3v) is 15.1. The number of phenolic OH excluding ortho intramolecular Hbond substituents is 1. The molecule has 0 unspecified atom stereocenters. The van der Waals surface area contributed by atoms with Crippen molar-refractivity contribution in [2.45, 2.75) is 75.1 Å². The van der Waals surface area contributed by atoms with Crippen LogP contribution in [0.1, 0.15) is 87.8 Å². The Morgan fingerprint density at radius 1 is 0.402 bits per heavy atom. The summed E-state index contributed by atoms with van der Waals surface area (Å²) in [6.07, 6.45) is 2.68. The zero-order valence-electron chi connectivity index (χ0n) is 53.0. The minimum atomic E-state index is -4.39. The first kappa shape index (κ1) is 72.2. The van der Waals surface area contributed by atoms with Crippen LogP contribution in [0.3, 0.4) is 0 Å². The molecule has 0 bridgehead atoms. The molecule has 3 N–H and O–H groups in total. The molecule has 19 heteroatoms. The smallest absolute Gasteiger partial charge is 0.416 e. The molecule has 0 spiro atoms. The van der Waals surface area contributed by atoms with Gasteiger partial charge in [-0.2, -0.15) is 39.5 Å². The van der Waals surface area contributed by atoms with Crippen molar-refractivity contribution in [3.8, 4) is 17.2 Å². The quantitative estimate of drug-likeness (QED) is 0.0372. The van der Waals surface area contributed by atoms with Gasteiger partial charge in [0.1, 0.15) is 28.3 Å². The number of imidazole rings is 3. The van der Waals surface area contributed by atoms with Crippen molar-refractivity contribution in [3.05, 3.63) is 360 Å². The van der Waals surface area contributed by atoms with Gasteiger partial charge in [-0.3, -0.25) is 0 Å². The third kappa shape index (κ3) is 20.9. The highest BCUT2D eigenvalue weighted by molar-refractivity contribution is 5.52. The molecule has 0 saturated heterocycles. The van der Waals surface area contributed by atoms with E-state index in [0.29, 0.717) is 38.0 Å². The summed E-state index contributed by atoms with van der Waals surface area (Å²) in [5, 5.41) is 17.8. The second-order valence-electron chi connectivity index (χ2n) is 22.1. The minimum absolute atomic E-state index is 0.175. The van der Waals surface area contributed by atoms with Gasteiger partial charge < -0.3 is 33.8 Å². The van der Waals surface area contributed by atoms with E-state index in [9.17, 15) is 44.6 Å². The summed E-state index contributed by atoms with van der Waals surface area (Å²) in [4.78, 5) is 16.2. The molecule has 0 radical (unpaired) electrons. The number of aliphatic hydroxyl groups excluding tert-OH is 1. The maximum absolute atomic E-state index is 13.0. The van der Waals surface area contributed by atoms with Crippen molar-refractivity contribution >= 4 is 0 Å². The van der Waals surface area contributed by atoms with Crippen molar-refractivity contribution in [2.75, 3.05) is 19.8 Å². The molecular formula is C78H73F9N6O4. The molecule has 12 rings (SSSR count). The lowest BCUT2D eigenvalue weighted by atomic mass is 9.77. The number of aromatic nitrogens is 6. The number of H-pyrrole nitrogens is 1. The van der Waals surface area contributed by atoms with Gasteiger partial charge >= 0.3 is 18.5 Å². The summed E-state index contributed by atoms with van der Waals surface area (Å²) in [5.41, 5.74) is 7.14. The summed E-state index contributed by atoms with van der Waals surface area (Å²) in [6, 6.07) is 81.3. The number of rotatable bonds is 21. The summed E-state index contributed by atoms with van der Waals surface area (Å²) >= 11 is 0. The number of phenols is 1. The van der Waals surface area contributed by atoms with E-state index in [-0.39, 0.29) is 31.6 Å². The summed E-state index contributed by atoms with van der Waals surface area (Å²) in [5.74, 6) is 0.767. The Balaban J connectivity index is 0.000000178. The second kappa shape index (κ2) is 35.2. The Bertz CT molecular complexity index is 3940. The fraction of sp³-hybridized carbons (Fsp3) is 0.192. The van der Waals surface area contributed by atoms with Crippen LogP contribution in [0, 0.1) is 0 Å². The average molecular weight is 1330 g/mol. The Morgan fingerprint density at radius 2 is 0.711 bits per heavy atom. The highest BCUT2D eigenvalue weighted by Crippen LogP contribution is 2.43. The molecule has 0 saturated carbocycles. The molecular weight excluding hydrogens is 1260 g/mol. The number of ether oxygens (including phenoxy) is 2. The highest BCUT2D eigenvalue weighted by Gasteiger charge is 2.40. The Hall–Kier alpha value is -10.7.